The maximum absolute atomic E-state index is 13.2. The van der Waals surface area contributed by atoms with Crippen molar-refractivity contribution in [3.8, 4) is 11.5 Å². The van der Waals surface area contributed by atoms with Crippen LogP contribution in [-0.4, -0.2) is 0 Å². The fourth-order valence-electron chi connectivity index (χ4n) is 1.25. The van der Waals surface area contributed by atoms with Gasteiger partial charge in [0.15, 0.2) is 5.75 Å². The summed E-state index contributed by atoms with van der Waals surface area (Å²) in [7, 11) is 0. The van der Waals surface area contributed by atoms with Crippen LogP contribution in [0, 0.1) is 5.82 Å². The molecule has 0 aliphatic carbocycles. The zero-order valence-corrected chi connectivity index (χ0v) is 9.87. The fourth-order valence-corrected chi connectivity index (χ4v) is 1.62. The number of rotatable bonds is 2. The third kappa shape index (κ3) is 2.17. The average Bonchev–Trinajstić information content (AvgIpc) is 2.28. The molecule has 0 atom stereocenters. The molecule has 2 nitrogen and oxygen atoms in total. The van der Waals surface area contributed by atoms with Crippen LogP contribution < -0.4 is 10.5 Å². The number of nitrogen functional groups attached to an aromatic ring is 1. The standard InChI is InChI=1S/C12H9BrFNO/c13-8-4-1-2-6-10(8)16-11-7-3-5-9(14)12(11)15/h1-7H,15H2. The van der Waals surface area contributed by atoms with Crippen molar-refractivity contribution < 1.29 is 9.13 Å². The zero-order chi connectivity index (χ0) is 11.5. The summed E-state index contributed by atoms with van der Waals surface area (Å²) in [5.41, 5.74) is 5.58. The molecule has 2 aromatic carbocycles. The lowest BCUT2D eigenvalue weighted by Gasteiger charge is -2.09. The van der Waals surface area contributed by atoms with E-state index in [-0.39, 0.29) is 5.69 Å². The lowest BCUT2D eigenvalue weighted by molar-refractivity contribution is 0.477. The first kappa shape index (κ1) is 11.0. The molecule has 2 rings (SSSR count). The van der Waals surface area contributed by atoms with E-state index in [9.17, 15) is 4.39 Å². The molecule has 0 radical (unpaired) electrons. The SMILES string of the molecule is Nc1c(F)cccc1Oc1ccccc1Br. The first-order chi connectivity index (χ1) is 7.68. The van der Waals surface area contributed by atoms with Gasteiger partial charge in [0, 0.05) is 0 Å². The summed E-state index contributed by atoms with van der Waals surface area (Å²) < 4.78 is 19.5. The monoisotopic (exact) mass is 281 g/mol. The van der Waals surface area contributed by atoms with Crippen molar-refractivity contribution in [2.75, 3.05) is 5.73 Å². The van der Waals surface area contributed by atoms with E-state index in [0.29, 0.717) is 11.5 Å². The van der Waals surface area contributed by atoms with Crippen LogP contribution in [-0.2, 0) is 0 Å². The van der Waals surface area contributed by atoms with Gasteiger partial charge >= 0.3 is 0 Å². The van der Waals surface area contributed by atoms with Crippen LogP contribution in [0.15, 0.2) is 46.9 Å². The molecule has 2 aromatic rings. The number of nitrogens with two attached hydrogens (primary N) is 1. The molecule has 0 bridgehead atoms. The van der Waals surface area contributed by atoms with Gasteiger partial charge in [-0.2, -0.15) is 0 Å². The summed E-state index contributed by atoms with van der Waals surface area (Å²) in [5.74, 6) is 0.427. The highest BCUT2D eigenvalue weighted by atomic mass is 79.9. The smallest absolute Gasteiger partial charge is 0.153 e. The molecule has 2 N–H and O–H groups in total. The zero-order valence-electron chi connectivity index (χ0n) is 8.28. The molecule has 0 aromatic heterocycles. The molecule has 0 saturated carbocycles. The second-order valence-corrected chi connectivity index (χ2v) is 4.04. The Kier molecular flexibility index (Phi) is 3.10. The Morgan fingerprint density at radius 1 is 1.00 bits per heavy atom. The maximum atomic E-state index is 13.2. The number of halogens is 2. The number of ether oxygens (including phenoxy) is 1. The van der Waals surface area contributed by atoms with E-state index in [1.54, 1.807) is 18.2 Å². The lowest BCUT2D eigenvalue weighted by Crippen LogP contribution is -1.95. The molecule has 0 aliphatic rings. The van der Waals surface area contributed by atoms with Crippen LogP contribution in [0.1, 0.15) is 0 Å². The molecule has 16 heavy (non-hydrogen) atoms. The van der Waals surface area contributed by atoms with Crippen molar-refractivity contribution in [3.05, 3.63) is 52.8 Å². The average molecular weight is 282 g/mol. The fraction of sp³-hybridized carbons (Fsp3) is 0. The van der Waals surface area contributed by atoms with E-state index in [2.05, 4.69) is 15.9 Å². The van der Waals surface area contributed by atoms with E-state index < -0.39 is 5.82 Å². The van der Waals surface area contributed by atoms with Crippen molar-refractivity contribution in [3.63, 3.8) is 0 Å². The summed E-state index contributed by atoms with van der Waals surface area (Å²) in [5, 5.41) is 0. The minimum atomic E-state index is -0.482. The van der Waals surface area contributed by atoms with Gasteiger partial charge < -0.3 is 10.5 Å². The lowest BCUT2D eigenvalue weighted by atomic mass is 10.3. The topological polar surface area (TPSA) is 35.2 Å². The molecule has 0 fully saturated rings. The predicted molar refractivity (Wildman–Crippen MR) is 65.0 cm³/mol. The molecular weight excluding hydrogens is 273 g/mol. The molecule has 0 aliphatic heterocycles. The van der Waals surface area contributed by atoms with E-state index in [1.807, 2.05) is 18.2 Å². The summed E-state index contributed by atoms with van der Waals surface area (Å²) >= 11 is 3.34. The Balaban J connectivity index is 2.35. The third-order valence-electron chi connectivity index (χ3n) is 2.07. The van der Waals surface area contributed by atoms with Gasteiger partial charge in [0.2, 0.25) is 0 Å². The number of benzene rings is 2. The van der Waals surface area contributed by atoms with E-state index in [1.165, 1.54) is 6.07 Å². The second kappa shape index (κ2) is 4.53. The normalized spacial score (nSPS) is 10.1. The van der Waals surface area contributed by atoms with Crippen LogP contribution in [0.25, 0.3) is 0 Å². The van der Waals surface area contributed by atoms with Gasteiger partial charge in [-0.05, 0) is 40.2 Å². The Labute approximate surface area is 101 Å². The third-order valence-corrected chi connectivity index (χ3v) is 2.72. The minimum Gasteiger partial charge on any atom is -0.454 e. The number of hydrogen-bond donors (Lipinski definition) is 1. The van der Waals surface area contributed by atoms with Crippen LogP contribution in [0.2, 0.25) is 0 Å². The number of anilines is 1. The van der Waals surface area contributed by atoms with E-state index in [0.717, 1.165) is 4.47 Å². The number of para-hydroxylation sites is 2. The highest BCUT2D eigenvalue weighted by molar-refractivity contribution is 9.10. The van der Waals surface area contributed by atoms with Gasteiger partial charge in [-0.25, -0.2) is 4.39 Å². The summed E-state index contributed by atoms with van der Waals surface area (Å²) in [6.45, 7) is 0. The minimum absolute atomic E-state index is 0.0123. The van der Waals surface area contributed by atoms with E-state index >= 15 is 0 Å². The van der Waals surface area contributed by atoms with Crippen molar-refractivity contribution >= 4 is 21.6 Å². The van der Waals surface area contributed by atoms with Gasteiger partial charge in [-0.15, -0.1) is 0 Å². The quantitative estimate of drug-likeness (QED) is 0.846. The van der Waals surface area contributed by atoms with Crippen LogP contribution >= 0.6 is 15.9 Å². The maximum Gasteiger partial charge on any atom is 0.153 e. The first-order valence-corrected chi connectivity index (χ1v) is 5.44. The Hall–Kier alpha value is -1.55. The largest absolute Gasteiger partial charge is 0.454 e. The summed E-state index contributed by atoms with van der Waals surface area (Å²) in [6, 6.07) is 11.8. The Bertz CT molecular complexity index is 516. The van der Waals surface area contributed by atoms with Crippen molar-refractivity contribution in [2.45, 2.75) is 0 Å². The van der Waals surface area contributed by atoms with Gasteiger partial charge in [0.05, 0.1) is 4.47 Å². The van der Waals surface area contributed by atoms with Gasteiger partial charge in [0.25, 0.3) is 0 Å². The first-order valence-electron chi connectivity index (χ1n) is 4.65. The van der Waals surface area contributed by atoms with Gasteiger partial charge in [0.1, 0.15) is 17.3 Å². The molecule has 0 unspecified atom stereocenters. The molecule has 0 heterocycles. The number of hydrogen-bond acceptors (Lipinski definition) is 2. The highest BCUT2D eigenvalue weighted by Crippen LogP contribution is 2.33. The molecule has 0 saturated heterocycles. The van der Waals surface area contributed by atoms with Gasteiger partial charge in [-0.3, -0.25) is 0 Å². The van der Waals surface area contributed by atoms with Crippen molar-refractivity contribution in [1.82, 2.24) is 0 Å². The molecule has 82 valence electrons. The Morgan fingerprint density at radius 2 is 1.69 bits per heavy atom. The summed E-state index contributed by atoms with van der Waals surface area (Å²) in [4.78, 5) is 0. The second-order valence-electron chi connectivity index (χ2n) is 3.18. The van der Waals surface area contributed by atoms with Crippen LogP contribution in [0.4, 0.5) is 10.1 Å². The predicted octanol–water partition coefficient (Wildman–Crippen LogP) is 3.96. The molecule has 4 heteroatoms. The van der Waals surface area contributed by atoms with Crippen molar-refractivity contribution in [2.24, 2.45) is 0 Å². The van der Waals surface area contributed by atoms with Crippen LogP contribution in [0.5, 0.6) is 11.5 Å². The summed E-state index contributed by atoms with van der Waals surface area (Å²) in [6.07, 6.45) is 0. The van der Waals surface area contributed by atoms with Gasteiger partial charge in [-0.1, -0.05) is 18.2 Å². The highest BCUT2D eigenvalue weighted by Gasteiger charge is 2.07. The Morgan fingerprint density at radius 3 is 2.44 bits per heavy atom. The van der Waals surface area contributed by atoms with E-state index in [4.69, 9.17) is 10.5 Å². The van der Waals surface area contributed by atoms with Crippen molar-refractivity contribution in [1.29, 1.82) is 0 Å². The molecule has 0 spiro atoms. The van der Waals surface area contributed by atoms with Crippen LogP contribution in [0.3, 0.4) is 0 Å². The molecular formula is C12H9BrFNO. The molecule has 0 amide bonds.